The van der Waals surface area contributed by atoms with Crippen LogP contribution in [0, 0.1) is 22.9 Å². The van der Waals surface area contributed by atoms with Gasteiger partial charge in [-0.15, -0.1) is 0 Å². The molecule has 0 saturated carbocycles. The monoisotopic (exact) mass is 461 g/mol. The highest BCUT2D eigenvalue weighted by atomic mass is 79.9. The minimum atomic E-state index is -0.653. The Morgan fingerprint density at radius 3 is 2.79 bits per heavy atom. The Labute approximate surface area is 174 Å². The molecule has 29 heavy (non-hydrogen) atoms. The minimum absolute atomic E-state index is 0.0561. The number of aromatic nitrogens is 2. The summed E-state index contributed by atoms with van der Waals surface area (Å²) in [5.41, 5.74) is 0.969. The molecule has 0 aliphatic rings. The fourth-order valence-electron chi connectivity index (χ4n) is 3.04. The summed E-state index contributed by atoms with van der Waals surface area (Å²) in [6.07, 6.45) is 3.12. The summed E-state index contributed by atoms with van der Waals surface area (Å²) in [7, 11) is 1.68. The average Bonchev–Trinajstić information content (AvgIpc) is 2.99. The Kier molecular flexibility index (Phi) is 5.78. The lowest BCUT2D eigenvalue weighted by Crippen LogP contribution is -2.09. The van der Waals surface area contributed by atoms with Gasteiger partial charge in [0.25, 0.3) is 5.69 Å². The SMILES string of the molecule is CCO/C=C/c1c2cc([N+](=O)[O-])c(C(=O)c3cc(F)ccc3C)c(Br)c2nn1C. The van der Waals surface area contributed by atoms with Crippen LogP contribution in [-0.2, 0) is 11.8 Å². The number of rotatable bonds is 6. The molecule has 2 aromatic carbocycles. The van der Waals surface area contributed by atoms with Crippen molar-refractivity contribution in [3.8, 4) is 0 Å². The van der Waals surface area contributed by atoms with Gasteiger partial charge in [0.1, 0.15) is 16.9 Å². The van der Waals surface area contributed by atoms with E-state index in [1.807, 2.05) is 6.92 Å². The highest BCUT2D eigenvalue weighted by Gasteiger charge is 2.30. The normalized spacial score (nSPS) is 11.3. The Bertz CT molecular complexity index is 1170. The molecule has 0 bridgehead atoms. The number of aryl methyl sites for hydroxylation is 2. The summed E-state index contributed by atoms with van der Waals surface area (Å²) in [6, 6.07) is 5.07. The van der Waals surface area contributed by atoms with Crippen LogP contribution < -0.4 is 0 Å². The number of hydrogen-bond acceptors (Lipinski definition) is 5. The van der Waals surface area contributed by atoms with E-state index in [-0.39, 0.29) is 15.6 Å². The third-order valence-electron chi connectivity index (χ3n) is 4.45. The maximum absolute atomic E-state index is 13.7. The number of ether oxygens (including phenoxy) is 1. The molecule has 0 aliphatic heterocycles. The van der Waals surface area contributed by atoms with Crippen molar-refractivity contribution in [1.29, 1.82) is 0 Å². The standard InChI is InChI=1S/C20H17BrFN3O4/c1-4-29-8-7-15-14-10-16(25(27)28)17(18(21)19(14)23-24(15)3)20(26)13-9-12(22)6-5-11(13)2/h5-10H,4H2,1-3H3/b8-7+. The molecule has 0 atom stereocenters. The molecule has 9 heteroatoms. The van der Waals surface area contributed by atoms with Gasteiger partial charge in [-0.2, -0.15) is 5.10 Å². The third kappa shape index (κ3) is 3.77. The second-order valence-electron chi connectivity index (χ2n) is 6.29. The molecule has 0 unspecified atom stereocenters. The highest BCUT2D eigenvalue weighted by Crippen LogP contribution is 2.38. The summed E-state index contributed by atoms with van der Waals surface area (Å²) in [4.78, 5) is 24.3. The Balaban J connectivity index is 2.29. The van der Waals surface area contributed by atoms with E-state index in [1.165, 1.54) is 29.1 Å². The van der Waals surface area contributed by atoms with E-state index in [2.05, 4.69) is 21.0 Å². The highest BCUT2D eigenvalue weighted by molar-refractivity contribution is 9.10. The first-order valence-electron chi connectivity index (χ1n) is 8.68. The van der Waals surface area contributed by atoms with Crippen LogP contribution in [-0.4, -0.2) is 27.1 Å². The molecule has 0 aliphatic carbocycles. The van der Waals surface area contributed by atoms with Gasteiger partial charge < -0.3 is 4.74 Å². The zero-order valence-electron chi connectivity index (χ0n) is 15.9. The van der Waals surface area contributed by atoms with Gasteiger partial charge in [0.15, 0.2) is 0 Å². The molecule has 0 fully saturated rings. The van der Waals surface area contributed by atoms with E-state index in [0.717, 1.165) is 6.07 Å². The Morgan fingerprint density at radius 2 is 2.14 bits per heavy atom. The van der Waals surface area contributed by atoms with Gasteiger partial charge >= 0.3 is 0 Å². The zero-order chi connectivity index (χ0) is 21.3. The first-order chi connectivity index (χ1) is 13.8. The molecule has 0 saturated heterocycles. The maximum Gasteiger partial charge on any atom is 0.282 e. The van der Waals surface area contributed by atoms with Crippen molar-refractivity contribution in [3.63, 3.8) is 0 Å². The minimum Gasteiger partial charge on any atom is -0.501 e. The summed E-state index contributed by atoms with van der Waals surface area (Å²) < 4.78 is 20.6. The van der Waals surface area contributed by atoms with Crippen molar-refractivity contribution in [2.24, 2.45) is 7.05 Å². The van der Waals surface area contributed by atoms with E-state index in [1.54, 1.807) is 20.0 Å². The first-order valence-corrected chi connectivity index (χ1v) is 9.48. The van der Waals surface area contributed by atoms with Gasteiger partial charge in [0.05, 0.1) is 28.0 Å². The summed E-state index contributed by atoms with van der Waals surface area (Å²) >= 11 is 3.32. The van der Waals surface area contributed by atoms with Crippen LogP contribution >= 0.6 is 15.9 Å². The second kappa shape index (κ2) is 8.12. The van der Waals surface area contributed by atoms with Gasteiger partial charge in [-0.05, 0) is 53.5 Å². The van der Waals surface area contributed by atoms with Crippen molar-refractivity contribution >= 4 is 44.4 Å². The lowest BCUT2D eigenvalue weighted by Gasteiger charge is -2.09. The van der Waals surface area contributed by atoms with E-state index in [0.29, 0.717) is 28.8 Å². The topological polar surface area (TPSA) is 87.3 Å². The van der Waals surface area contributed by atoms with Gasteiger partial charge in [-0.25, -0.2) is 4.39 Å². The number of carbonyl (C=O) groups is 1. The number of carbonyl (C=O) groups excluding carboxylic acids is 1. The predicted octanol–water partition coefficient (Wildman–Crippen LogP) is 4.93. The second-order valence-corrected chi connectivity index (χ2v) is 7.09. The largest absolute Gasteiger partial charge is 0.501 e. The van der Waals surface area contributed by atoms with E-state index < -0.39 is 22.2 Å². The number of ketones is 1. The van der Waals surface area contributed by atoms with Crippen LogP contribution in [0.15, 0.2) is 35.0 Å². The van der Waals surface area contributed by atoms with E-state index in [4.69, 9.17) is 4.74 Å². The van der Waals surface area contributed by atoms with Crippen LogP contribution in [0.3, 0.4) is 0 Å². The molecule has 1 heterocycles. The van der Waals surface area contributed by atoms with Crippen molar-refractivity contribution in [2.75, 3.05) is 6.61 Å². The number of nitro groups is 1. The number of nitrogens with zero attached hydrogens (tertiary/aromatic N) is 3. The van der Waals surface area contributed by atoms with E-state index in [9.17, 15) is 19.3 Å². The molecular formula is C20H17BrFN3O4. The fourth-order valence-corrected chi connectivity index (χ4v) is 3.71. The smallest absolute Gasteiger partial charge is 0.282 e. The van der Waals surface area contributed by atoms with Crippen LogP contribution in [0.2, 0.25) is 0 Å². The quantitative estimate of drug-likeness (QED) is 0.224. The number of nitro benzene ring substituents is 1. The van der Waals surface area contributed by atoms with Crippen LogP contribution in [0.1, 0.15) is 34.1 Å². The van der Waals surface area contributed by atoms with Gasteiger partial charge in [0.2, 0.25) is 5.78 Å². The van der Waals surface area contributed by atoms with Crippen molar-refractivity contribution in [1.82, 2.24) is 9.78 Å². The summed E-state index contributed by atoms with van der Waals surface area (Å²) in [6.45, 7) is 3.95. The maximum atomic E-state index is 13.7. The molecular weight excluding hydrogens is 445 g/mol. The molecule has 3 aromatic rings. The number of fused-ring (bicyclic) bond motifs is 1. The third-order valence-corrected chi connectivity index (χ3v) is 5.22. The van der Waals surface area contributed by atoms with Crippen LogP contribution in [0.5, 0.6) is 0 Å². The molecule has 3 rings (SSSR count). The van der Waals surface area contributed by atoms with Crippen molar-refractivity contribution < 1.29 is 18.8 Å². The molecule has 0 spiro atoms. The lowest BCUT2D eigenvalue weighted by atomic mass is 9.96. The first kappa shape index (κ1) is 20.7. The summed E-state index contributed by atoms with van der Waals surface area (Å²) in [5, 5.41) is 16.6. The molecule has 0 amide bonds. The average molecular weight is 462 g/mol. The van der Waals surface area contributed by atoms with Crippen LogP contribution in [0.4, 0.5) is 10.1 Å². The lowest BCUT2D eigenvalue weighted by molar-refractivity contribution is -0.385. The fraction of sp³-hybridized carbons (Fsp3) is 0.200. The number of benzene rings is 2. The van der Waals surface area contributed by atoms with Crippen molar-refractivity contribution in [3.05, 3.63) is 73.3 Å². The van der Waals surface area contributed by atoms with Crippen LogP contribution in [0.25, 0.3) is 17.0 Å². The molecule has 0 N–H and O–H groups in total. The molecule has 150 valence electrons. The van der Waals surface area contributed by atoms with Gasteiger partial charge in [0, 0.05) is 24.1 Å². The van der Waals surface area contributed by atoms with Gasteiger partial charge in [-0.1, -0.05) is 6.07 Å². The predicted molar refractivity (Wildman–Crippen MR) is 110 cm³/mol. The zero-order valence-corrected chi connectivity index (χ0v) is 17.5. The van der Waals surface area contributed by atoms with Gasteiger partial charge in [-0.3, -0.25) is 19.6 Å². The number of hydrogen-bond donors (Lipinski definition) is 0. The molecule has 1 aromatic heterocycles. The molecule has 0 radical (unpaired) electrons. The van der Waals surface area contributed by atoms with Crippen molar-refractivity contribution in [2.45, 2.75) is 13.8 Å². The molecule has 7 nitrogen and oxygen atoms in total. The van der Waals surface area contributed by atoms with E-state index >= 15 is 0 Å². The summed E-state index contributed by atoms with van der Waals surface area (Å²) in [5.74, 6) is -1.25. The Morgan fingerprint density at radius 1 is 1.41 bits per heavy atom. The number of halogens is 2. The Hall–Kier alpha value is -3.07.